The molecule has 4 heteroatoms. The van der Waals surface area contributed by atoms with Crippen LogP contribution in [0, 0.1) is 0 Å². The molecule has 1 aromatic rings. The van der Waals surface area contributed by atoms with E-state index in [-0.39, 0.29) is 18.0 Å². The van der Waals surface area contributed by atoms with Crippen LogP contribution in [-0.2, 0) is 14.3 Å². The summed E-state index contributed by atoms with van der Waals surface area (Å²) in [4.78, 5) is 22.0. The normalized spacial score (nSPS) is 10.7. The van der Waals surface area contributed by atoms with Crippen LogP contribution in [0.15, 0.2) is 30.3 Å². The maximum Gasteiger partial charge on any atom is 0.331 e. The zero-order chi connectivity index (χ0) is 13.5. The highest BCUT2D eigenvalue weighted by Crippen LogP contribution is 2.13. The average molecular weight is 248 g/mol. The van der Waals surface area contributed by atoms with Gasteiger partial charge in [-0.2, -0.15) is 0 Å². The van der Waals surface area contributed by atoms with E-state index in [0.29, 0.717) is 5.75 Å². The van der Waals surface area contributed by atoms with E-state index in [9.17, 15) is 9.59 Å². The molecule has 96 valence electrons. The Balaban J connectivity index is 2.60. The first-order valence-corrected chi connectivity index (χ1v) is 5.64. The molecule has 0 saturated carbocycles. The van der Waals surface area contributed by atoms with Gasteiger partial charge in [0.15, 0.2) is 0 Å². The smallest absolute Gasteiger partial charge is 0.331 e. The number of benzene rings is 1. The molecule has 1 aromatic carbocycles. The number of ether oxygens (including phenoxy) is 2. The van der Waals surface area contributed by atoms with Crippen LogP contribution in [0.4, 0.5) is 0 Å². The summed E-state index contributed by atoms with van der Waals surface area (Å²) in [6.07, 6.45) is 2.87. The Labute approximate surface area is 106 Å². The summed E-state index contributed by atoms with van der Waals surface area (Å²) in [5.41, 5.74) is 0.826. The van der Waals surface area contributed by atoms with Gasteiger partial charge in [-0.3, -0.25) is 4.79 Å². The standard InChI is InChI=1S/C14H16O4/c1-10(2)17-14(16)9-6-12-4-7-13(8-5-12)18-11(3)15/h4-10H,1-3H3/b9-6+. The number of esters is 2. The maximum absolute atomic E-state index is 11.3. The van der Waals surface area contributed by atoms with Crippen LogP contribution < -0.4 is 4.74 Å². The molecule has 0 amide bonds. The van der Waals surface area contributed by atoms with Crippen molar-refractivity contribution < 1.29 is 19.1 Å². The third-order valence-corrected chi connectivity index (χ3v) is 1.91. The summed E-state index contributed by atoms with van der Waals surface area (Å²) < 4.78 is 9.85. The van der Waals surface area contributed by atoms with Crippen LogP contribution in [-0.4, -0.2) is 18.0 Å². The molecule has 0 radical (unpaired) electrons. The van der Waals surface area contributed by atoms with Crippen molar-refractivity contribution in [2.24, 2.45) is 0 Å². The number of carbonyl (C=O) groups excluding carboxylic acids is 2. The van der Waals surface area contributed by atoms with Gasteiger partial charge in [0.05, 0.1) is 6.10 Å². The highest BCUT2D eigenvalue weighted by atomic mass is 16.5. The van der Waals surface area contributed by atoms with Gasteiger partial charge < -0.3 is 9.47 Å². The fraction of sp³-hybridized carbons (Fsp3) is 0.286. The van der Waals surface area contributed by atoms with Crippen LogP contribution in [0.5, 0.6) is 5.75 Å². The summed E-state index contributed by atoms with van der Waals surface area (Å²) >= 11 is 0. The molecular formula is C14H16O4. The Morgan fingerprint density at radius 1 is 1.17 bits per heavy atom. The number of carbonyl (C=O) groups is 2. The Bertz CT molecular complexity index is 443. The second-order valence-corrected chi connectivity index (χ2v) is 3.98. The van der Waals surface area contributed by atoms with Crippen molar-refractivity contribution in [2.75, 3.05) is 0 Å². The monoisotopic (exact) mass is 248 g/mol. The van der Waals surface area contributed by atoms with E-state index in [1.165, 1.54) is 13.0 Å². The molecule has 1 rings (SSSR count). The largest absolute Gasteiger partial charge is 0.460 e. The SMILES string of the molecule is CC(=O)Oc1ccc(/C=C/C(=O)OC(C)C)cc1. The second-order valence-electron chi connectivity index (χ2n) is 3.98. The lowest BCUT2D eigenvalue weighted by atomic mass is 10.2. The lowest BCUT2D eigenvalue weighted by Gasteiger charge is -2.04. The van der Waals surface area contributed by atoms with Gasteiger partial charge in [0.1, 0.15) is 5.75 Å². The molecule has 0 heterocycles. The first-order valence-electron chi connectivity index (χ1n) is 5.64. The molecule has 0 unspecified atom stereocenters. The molecule has 0 fully saturated rings. The second kappa shape index (κ2) is 6.59. The Morgan fingerprint density at radius 3 is 2.28 bits per heavy atom. The summed E-state index contributed by atoms with van der Waals surface area (Å²) in [5.74, 6) is -0.266. The molecule has 0 bridgehead atoms. The number of hydrogen-bond donors (Lipinski definition) is 0. The molecular weight excluding hydrogens is 232 g/mol. The number of hydrogen-bond acceptors (Lipinski definition) is 4. The summed E-state index contributed by atoms with van der Waals surface area (Å²) in [6.45, 7) is 4.93. The molecule has 0 saturated heterocycles. The molecule has 0 aliphatic carbocycles. The minimum atomic E-state index is -0.380. The summed E-state index contributed by atoms with van der Waals surface area (Å²) in [6, 6.07) is 6.82. The van der Waals surface area contributed by atoms with Crippen molar-refractivity contribution in [1.82, 2.24) is 0 Å². The minimum absolute atomic E-state index is 0.131. The van der Waals surface area contributed by atoms with E-state index >= 15 is 0 Å². The van der Waals surface area contributed by atoms with E-state index in [2.05, 4.69) is 0 Å². The highest BCUT2D eigenvalue weighted by Gasteiger charge is 2.00. The van der Waals surface area contributed by atoms with E-state index in [1.54, 1.807) is 44.2 Å². The van der Waals surface area contributed by atoms with E-state index < -0.39 is 0 Å². The van der Waals surface area contributed by atoms with Gasteiger partial charge in [-0.25, -0.2) is 4.79 Å². The van der Waals surface area contributed by atoms with Crippen LogP contribution in [0.25, 0.3) is 6.08 Å². The molecule has 0 spiro atoms. The van der Waals surface area contributed by atoms with Crippen LogP contribution in [0.2, 0.25) is 0 Å². The predicted octanol–water partition coefficient (Wildman–Crippen LogP) is 2.58. The Kier molecular flexibility index (Phi) is 5.11. The highest BCUT2D eigenvalue weighted by molar-refractivity contribution is 5.87. The van der Waals surface area contributed by atoms with Gasteiger partial charge in [-0.15, -0.1) is 0 Å². The van der Waals surface area contributed by atoms with Gasteiger partial charge >= 0.3 is 11.9 Å². The topological polar surface area (TPSA) is 52.6 Å². The molecule has 0 aliphatic heterocycles. The lowest BCUT2D eigenvalue weighted by Crippen LogP contribution is -2.08. The van der Waals surface area contributed by atoms with Gasteiger partial charge in [-0.05, 0) is 37.6 Å². The minimum Gasteiger partial charge on any atom is -0.460 e. The van der Waals surface area contributed by atoms with Gasteiger partial charge in [0.2, 0.25) is 0 Å². The summed E-state index contributed by atoms with van der Waals surface area (Å²) in [7, 11) is 0. The third kappa shape index (κ3) is 5.30. The van der Waals surface area contributed by atoms with Crippen molar-refractivity contribution >= 4 is 18.0 Å². The van der Waals surface area contributed by atoms with E-state index in [0.717, 1.165) is 5.56 Å². The van der Waals surface area contributed by atoms with Gasteiger partial charge in [0.25, 0.3) is 0 Å². The lowest BCUT2D eigenvalue weighted by molar-refractivity contribution is -0.141. The van der Waals surface area contributed by atoms with Crippen molar-refractivity contribution in [3.05, 3.63) is 35.9 Å². The fourth-order valence-electron chi connectivity index (χ4n) is 1.25. The van der Waals surface area contributed by atoms with Crippen molar-refractivity contribution in [3.8, 4) is 5.75 Å². The van der Waals surface area contributed by atoms with Crippen molar-refractivity contribution in [1.29, 1.82) is 0 Å². The van der Waals surface area contributed by atoms with Gasteiger partial charge in [-0.1, -0.05) is 12.1 Å². The average Bonchev–Trinajstić information content (AvgIpc) is 2.26. The molecule has 0 N–H and O–H groups in total. The zero-order valence-corrected chi connectivity index (χ0v) is 10.7. The molecule has 0 atom stereocenters. The van der Waals surface area contributed by atoms with Crippen molar-refractivity contribution in [3.63, 3.8) is 0 Å². The van der Waals surface area contributed by atoms with Crippen LogP contribution >= 0.6 is 0 Å². The fourth-order valence-corrected chi connectivity index (χ4v) is 1.25. The maximum atomic E-state index is 11.3. The Hall–Kier alpha value is -2.10. The Morgan fingerprint density at radius 2 is 1.78 bits per heavy atom. The third-order valence-electron chi connectivity index (χ3n) is 1.91. The van der Waals surface area contributed by atoms with Crippen LogP contribution in [0.1, 0.15) is 26.3 Å². The predicted molar refractivity (Wildman–Crippen MR) is 68.0 cm³/mol. The van der Waals surface area contributed by atoms with Crippen molar-refractivity contribution in [2.45, 2.75) is 26.9 Å². The zero-order valence-electron chi connectivity index (χ0n) is 10.7. The van der Waals surface area contributed by atoms with E-state index in [4.69, 9.17) is 9.47 Å². The quantitative estimate of drug-likeness (QED) is 0.467. The van der Waals surface area contributed by atoms with Gasteiger partial charge in [0, 0.05) is 13.0 Å². The first kappa shape index (κ1) is 14.0. The molecule has 0 aromatic heterocycles. The van der Waals surface area contributed by atoms with E-state index in [1.807, 2.05) is 0 Å². The molecule has 4 nitrogen and oxygen atoms in total. The molecule has 0 aliphatic rings. The van der Waals surface area contributed by atoms with Crippen LogP contribution in [0.3, 0.4) is 0 Å². The first-order chi connectivity index (χ1) is 8.47. The molecule has 18 heavy (non-hydrogen) atoms. The number of rotatable bonds is 4. The summed E-state index contributed by atoms with van der Waals surface area (Å²) in [5, 5.41) is 0.